The second kappa shape index (κ2) is 7.37. The van der Waals surface area contributed by atoms with Crippen molar-refractivity contribution in [3.63, 3.8) is 0 Å². The zero-order valence-electron chi connectivity index (χ0n) is 12.4. The molecule has 1 aromatic carbocycles. The molecule has 3 atom stereocenters. The predicted octanol–water partition coefficient (Wildman–Crippen LogP) is 4.12. The fourth-order valence-electron chi connectivity index (χ4n) is 2.75. The van der Waals surface area contributed by atoms with Gasteiger partial charge in [-0.3, -0.25) is 4.79 Å². The normalized spacial score (nSPS) is 23.4. The van der Waals surface area contributed by atoms with Gasteiger partial charge in [0, 0.05) is 18.1 Å². The van der Waals surface area contributed by atoms with Gasteiger partial charge in [-0.1, -0.05) is 30.5 Å². The molecular weight excluding hydrogens is 309 g/mol. The minimum atomic E-state index is -0.556. The Morgan fingerprint density at radius 3 is 2.76 bits per heavy atom. The van der Waals surface area contributed by atoms with Gasteiger partial charge >= 0.3 is 0 Å². The lowest BCUT2D eigenvalue weighted by Gasteiger charge is -2.36. The van der Waals surface area contributed by atoms with Crippen LogP contribution in [0.1, 0.15) is 32.6 Å². The van der Waals surface area contributed by atoms with Gasteiger partial charge in [0.15, 0.2) is 6.10 Å². The summed E-state index contributed by atoms with van der Waals surface area (Å²) in [4.78, 5) is 14.2. The summed E-state index contributed by atoms with van der Waals surface area (Å²) in [7, 11) is 1.81. The van der Waals surface area contributed by atoms with Crippen LogP contribution < -0.4 is 4.74 Å². The highest BCUT2D eigenvalue weighted by Gasteiger charge is 2.31. The number of nitrogens with zero attached hydrogens (tertiary/aromatic N) is 1. The van der Waals surface area contributed by atoms with Crippen LogP contribution in [0.3, 0.4) is 0 Å². The van der Waals surface area contributed by atoms with Crippen LogP contribution in [-0.2, 0) is 4.79 Å². The van der Waals surface area contributed by atoms with Gasteiger partial charge in [0.25, 0.3) is 5.91 Å². The molecule has 0 saturated heterocycles. The molecule has 1 amide bonds. The van der Waals surface area contributed by atoms with E-state index in [2.05, 4.69) is 0 Å². The Morgan fingerprint density at radius 1 is 1.38 bits per heavy atom. The Kier molecular flexibility index (Phi) is 5.77. The van der Waals surface area contributed by atoms with E-state index in [0.717, 1.165) is 25.7 Å². The Morgan fingerprint density at radius 2 is 2.10 bits per heavy atom. The van der Waals surface area contributed by atoms with E-state index in [1.807, 2.05) is 7.05 Å². The summed E-state index contributed by atoms with van der Waals surface area (Å²) in [6, 6.07) is 7.16. The van der Waals surface area contributed by atoms with Crippen molar-refractivity contribution in [2.75, 3.05) is 7.05 Å². The van der Waals surface area contributed by atoms with Crippen LogP contribution in [0.2, 0.25) is 5.02 Å². The van der Waals surface area contributed by atoms with Crippen LogP contribution in [-0.4, -0.2) is 35.4 Å². The van der Waals surface area contributed by atoms with Gasteiger partial charge in [0.05, 0.1) is 5.38 Å². The molecule has 0 spiro atoms. The van der Waals surface area contributed by atoms with Crippen molar-refractivity contribution in [3.8, 4) is 5.75 Å². The standard InChI is InChI=1S/C16H21Cl2NO2/c1-11(21-13-7-5-6-12(17)10-13)16(20)19(2)15-9-4-3-8-14(15)18/h5-7,10-11,14-15H,3-4,8-9H2,1-2H3. The number of benzene rings is 1. The quantitative estimate of drug-likeness (QED) is 0.778. The summed E-state index contributed by atoms with van der Waals surface area (Å²) in [5.74, 6) is 0.551. The molecule has 0 bridgehead atoms. The van der Waals surface area contributed by atoms with Gasteiger partial charge in [0.2, 0.25) is 0 Å². The Labute approximate surface area is 136 Å². The lowest BCUT2D eigenvalue weighted by Crippen LogP contribution is -2.48. The van der Waals surface area contributed by atoms with E-state index < -0.39 is 6.10 Å². The first-order valence-electron chi connectivity index (χ1n) is 7.32. The van der Waals surface area contributed by atoms with Crippen molar-refractivity contribution in [2.45, 2.75) is 50.1 Å². The molecule has 0 aliphatic heterocycles. The van der Waals surface area contributed by atoms with Crippen LogP contribution in [0.5, 0.6) is 5.75 Å². The van der Waals surface area contributed by atoms with Gasteiger partial charge < -0.3 is 9.64 Å². The molecule has 1 aliphatic carbocycles. The molecule has 0 heterocycles. The Balaban J connectivity index is 1.98. The van der Waals surface area contributed by atoms with Gasteiger partial charge in [0.1, 0.15) is 5.75 Å². The summed E-state index contributed by atoms with van der Waals surface area (Å²) in [6.45, 7) is 1.76. The maximum atomic E-state index is 12.5. The summed E-state index contributed by atoms with van der Waals surface area (Å²) in [6.07, 6.45) is 3.63. The minimum Gasteiger partial charge on any atom is -0.481 e. The lowest BCUT2D eigenvalue weighted by molar-refractivity contribution is -0.139. The smallest absolute Gasteiger partial charge is 0.263 e. The fourth-order valence-corrected chi connectivity index (χ4v) is 3.38. The fraction of sp³-hybridized carbons (Fsp3) is 0.562. The number of carbonyl (C=O) groups is 1. The molecule has 5 heteroatoms. The summed E-state index contributed by atoms with van der Waals surface area (Å²) >= 11 is 12.3. The largest absolute Gasteiger partial charge is 0.481 e. The van der Waals surface area contributed by atoms with E-state index in [1.165, 1.54) is 0 Å². The summed E-state index contributed by atoms with van der Waals surface area (Å²) < 4.78 is 5.69. The van der Waals surface area contributed by atoms with E-state index in [1.54, 1.807) is 36.1 Å². The van der Waals surface area contributed by atoms with Crippen molar-refractivity contribution in [1.29, 1.82) is 0 Å². The van der Waals surface area contributed by atoms with Crippen LogP contribution in [0.4, 0.5) is 0 Å². The Hall–Kier alpha value is -0.930. The van der Waals surface area contributed by atoms with Crippen molar-refractivity contribution < 1.29 is 9.53 Å². The van der Waals surface area contributed by atoms with E-state index in [0.29, 0.717) is 10.8 Å². The molecule has 0 aromatic heterocycles. The second-order valence-corrected chi connectivity index (χ2v) is 6.53. The number of likely N-dealkylation sites (N-methyl/N-ethyl adjacent to an activating group) is 1. The molecule has 1 saturated carbocycles. The van der Waals surface area contributed by atoms with Gasteiger partial charge in [-0.2, -0.15) is 0 Å². The molecule has 3 nitrogen and oxygen atoms in total. The molecule has 0 radical (unpaired) electrons. The van der Waals surface area contributed by atoms with E-state index in [9.17, 15) is 4.79 Å². The Bertz CT molecular complexity index is 495. The number of ether oxygens (including phenoxy) is 1. The first-order valence-corrected chi connectivity index (χ1v) is 8.13. The SMILES string of the molecule is CC(Oc1cccc(Cl)c1)C(=O)N(C)C1CCCCC1Cl. The summed E-state index contributed by atoms with van der Waals surface area (Å²) in [5, 5.41) is 0.625. The average Bonchev–Trinajstić information content (AvgIpc) is 2.46. The highest BCUT2D eigenvalue weighted by molar-refractivity contribution is 6.30. The maximum Gasteiger partial charge on any atom is 0.263 e. The summed E-state index contributed by atoms with van der Waals surface area (Å²) in [5.41, 5.74) is 0. The molecule has 2 rings (SSSR count). The van der Waals surface area contributed by atoms with Crippen molar-refractivity contribution in [1.82, 2.24) is 4.90 Å². The van der Waals surface area contributed by atoms with E-state index in [4.69, 9.17) is 27.9 Å². The number of carbonyl (C=O) groups excluding carboxylic acids is 1. The molecule has 116 valence electrons. The molecule has 1 aromatic rings. The first kappa shape index (κ1) is 16.4. The highest BCUT2D eigenvalue weighted by atomic mass is 35.5. The van der Waals surface area contributed by atoms with Crippen LogP contribution in [0.25, 0.3) is 0 Å². The monoisotopic (exact) mass is 329 g/mol. The zero-order valence-corrected chi connectivity index (χ0v) is 13.9. The lowest BCUT2D eigenvalue weighted by atomic mass is 9.93. The highest BCUT2D eigenvalue weighted by Crippen LogP contribution is 2.27. The molecule has 1 fully saturated rings. The molecule has 3 unspecified atom stereocenters. The van der Waals surface area contributed by atoms with Crippen molar-refractivity contribution >= 4 is 29.1 Å². The maximum absolute atomic E-state index is 12.5. The second-order valence-electron chi connectivity index (χ2n) is 5.53. The first-order chi connectivity index (χ1) is 9.99. The number of alkyl halides is 1. The molecule has 1 aliphatic rings. The van der Waals surface area contributed by atoms with E-state index >= 15 is 0 Å². The van der Waals surface area contributed by atoms with Crippen LogP contribution in [0, 0.1) is 0 Å². The van der Waals surface area contributed by atoms with Crippen molar-refractivity contribution in [2.24, 2.45) is 0 Å². The molecule has 0 N–H and O–H groups in total. The average molecular weight is 330 g/mol. The van der Waals surface area contributed by atoms with Crippen LogP contribution >= 0.6 is 23.2 Å². The minimum absolute atomic E-state index is 0.0334. The number of hydrogen-bond acceptors (Lipinski definition) is 2. The third kappa shape index (κ3) is 4.27. The number of hydrogen-bond donors (Lipinski definition) is 0. The van der Waals surface area contributed by atoms with Gasteiger partial charge in [-0.05, 0) is 38.0 Å². The number of halogens is 2. The van der Waals surface area contributed by atoms with Gasteiger partial charge in [-0.15, -0.1) is 11.6 Å². The predicted molar refractivity (Wildman–Crippen MR) is 86.2 cm³/mol. The molecule has 21 heavy (non-hydrogen) atoms. The zero-order chi connectivity index (χ0) is 15.4. The van der Waals surface area contributed by atoms with E-state index in [-0.39, 0.29) is 17.3 Å². The topological polar surface area (TPSA) is 29.5 Å². The van der Waals surface area contributed by atoms with Gasteiger partial charge in [-0.25, -0.2) is 0 Å². The number of amides is 1. The number of rotatable bonds is 4. The van der Waals surface area contributed by atoms with Crippen LogP contribution in [0.15, 0.2) is 24.3 Å². The van der Waals surface area contributed by atoms with Crippen molar-refractivity contribution in [3.05, 3.63) is 29.3 Å². The molecular formula is C16H21Cl2NO2. The third-order valence-corrected chi connectivity index (χ3v) is 4.69. The third-order valence-electron chi connectivity index (χ3n) is 3.95.